The molecule has 0 saturated carbocycles. The Morgan fingerprint density at radius 1 is 1.19 bits per heavy atom. The number of halogens is 1. The van der Waals surface area contributed by atoms with Gasteiger partial charge >= 0.3 is 0 Å². The molecule has 1 heterocycles. The molecule has 0 bridgehead atoms. The van der Waals surface area contributed by atoms with Gasteiger partial charge in [0.05, 0.1) is 29.2 Å². The molecule has 1 aromatic carbocycles. The van der Waals surface area contributed by atoms with Gasteiger partial charge in [-0.1, -0.05) is 0 Å². The predicted octanol–water partition coefficient (Wildman–Crippen LogP) is 3.59. The van der Waals surface area contributed by atoms with Gasteiger partial charge in [0, 0.05) is 5.56 Å². The summed E-state index contributed by atoms with van der Waals surface area (Å²) in [7, 11) is 3.24. The molecule has 0 aliphatic heterocycles. The fourth-order valence-electron chi connectivity index (χ4n) is 1.40. The van der Waals surface area contributed by atoms with Gasteiger partial charge < -0.3 is 9.47 Å². The average molecular weight is 300 g/mol. The third-order valence-corrected chi connectivity index (χ3v) is 3.73. The number of rotatable bonds is 3. The summed E-state index contributed by atoms with van der Waals surface area (Å²) >= 11 is 5.03. The maximum absolute atomic E-state index is 5.25. The van der Waals surface area contributed by atoms with Crippen molar-refractivity contribution in [1.29, 1.82) is 0 Å². The van der Waals surface area contributed by atoms with Crippen LogP contribution in [0.5, 0.6) is 11.5 Å². The molecular weight excluding hydrogens is 290 g/mol. The van der Waals surface area contributed by atoms with Gasteiger partial charge in [-0.05, 0) is 34.1 Å². The maximum atomic E-state index is 5.25. The van der Waals surface area contributed by atoms with E-state index in [-0.39, 0.29) is 0 Å². The predicted molar refractivity (Wildman–Crippen MR) is 68.4 cm³/mol. The number of ether oxygens (including phenoxy) is 2. The summed E-state index contributed by atoms with van der Waals surface area (Å²) in [4.78, 5) is 4.29. The molecule has 1 aromatic heterocycles. The van der Waals surface area contributed by atoms with Gasteiger partial charge in [-0.25, -0.2) is 4.98 Å². The van der Waals surface area contributed by atoms with Crippen LogP contribution in [0.4, 0.5) is 0 Å². The lowest BCUT2D eigenvalue weighted by Crippen LogP contribution is -1.90. The molecule has 0 amide bonds. The van der Waals surface area contributed by atoms with Gasteiger partial charge in [-0.15, -0.1) is 11.3 Å². The monoisotopic (exact) mass is 299 g/mol. The maximum Gasteiger partial charge on any atom is 0.161 e. The van der Waals surface area contributed by atoms with Gasteiger partial charge in [0.2, 0.25) is 0 Å². The van der Waals surface area contributed by atoms with Crippen LogP contribution in [0.15, 0.2) is 27.5 Å². The Morgan fingerprint density at radius 3 is 2.50 bits per heavy atom. The Labute approximate surface area is 106 Å². The van der Waals surface area contributed by atoms with Crippen molar-refractivity contribution in [3.8, 4) is 22.8 Å². The van der Waals surface area contributed by atoms with Gasteiger partial charge in [-0.3, -0.25) is 0 Å². The van der Waals surface area contributed by atoms with Crippen LogP contribution in [0, 0.1) is 0 Å². The number of thiazole rings is 1. The molecule has 2 aromatic rings. The number of methoxy groups -OCH3 is 2. The Balaban J connectivity index is 2.48. The molecule has 0 N–H and O–H groups in total. The van der Waals surface area contributed by atoms with E-state index in [2.05, 4.69) is 20.9 Å². The largest absolute Gasteiger partial charge is 0.493 e. The van der Waals surface area contributed by atoms with Gasteiger partial charge in [0.25, 0.3) is 0 Å². The Morgan fingerprint density at radius 2 is 1.94 bits per heavy atom. The van der Waals surface area contributed by atoms with Gasteiger partial charge in [-0.2, -0.15) is 0 Å². The zero-order chi connectivity index (χ0) is 11.5. The Bertz CT molecular complexity index is 498. The fourth-order valence-corrected chi connectivity index (χ4v) is 2.52. The van der Waals surface area contributed by atoms with Crippen molar-refractivity contribution in [2.24, 2.45) is 0 Å². The Hall–Kier alpha value is -1.07. The van der Waals surface area contributed by atoms with E-state index in [4.69, 9.17) is 9.47 Å². The second kappa shape index (κ2) is 4.84. The van der Waals surface area contributed by atoms with Crippen molar-refractivity contribution in [2.75, 3.05) is 14.2 Å². The number of hydrogen-bond acceptors (Lipinski definition) is 4. The number of nitrogens with zero attached hydrogens (tertiary/aromatic N) is 1. The number of hydrogen-bond donors (Lipinski definition) is 0. The first-order valence-corrected chi connectivity index (χ1v) is 6.25. The Kier molecular flexibility index (Phi) is 3.46. The highest BCUT2D eigenvalue weighted by molar-refractivity contribution is 9.11. The first kappa shape index (κ1) is 11.4. The standard InChI is InChI=1S/C11H10BrNO2S/c1-14-8-4-3-7(5-9(8)15-2)10-11(12)16-6-13-10/h3-6H,1-2H3. The third-order valence-electron chi connectivity index (χ3n) is 2.18. The van der Waals surface area contributed by atoms with Crippen LogP contribution >= 0.6 is 27.3 Å². The fraction of sp³-hybridized carbons (Fsp3) is 0.182. The molecule has 0 spiro atoms. The van der Waals surface area contributed by atoms with Crippen LogP contribution in [-0.2, 0) is 0 Å². The van der Waals surface area contributed by atoms with Crippen LogP contribution in [0.1, 0.15) is 0 Å². The van der Waals surface area contributed by atoms with Crippen LogP contribution in [-0.4, -0.2) is 19.2 Å². The molecule has 0 fully saturated rings. The smallest absolute Gasteiger partial charge is 0.161 e. The minimum absolute atomic E-state index is 0.708. The van der Waals surface area contributed by atoms with Crippen LogP contribution in [0.2, 0.25) is 0 Å². The SMILES string of the molecule is COc1ccc(-c2ncsc2Br)cc1OC. The molecule has 16 heavy (non-hydrogen) atoms. The lowest BCUT2D eigenvalue weighted by atomic mass is 10.1. The molecule has 5 heteroatoms. The summed E-state index contributed by atoms with van der Waals surface area (Å²) in [5.41, 5.74) is 3.73. The van der Waals surface area contributed by atoms with Gasteiger partial charge in [0.1, 0.15) is 0 Å². The van der Waals surface area contributed by atoms with E-state index in [0.29, 0.717) is 5.75 Å². The summed E-state index contributed by atoms with van der Waals surface area (Å²) in [6, 6.07) is 5.75. The lowest BCUT2D eigenvalue weighted by Gasteiger charge is -2.08. The van der Waals surface area contributed by atoms with Crippen molar-refractivity contribution in [2.45, 2.75) is 0 Å². The highest BCUT2D eigenvalue weighted by atomic mass is 79.9. The van der Waals surface area contributed by atoms with Crippen molar-refractivity contribution >= 4 is 27.3 Å². The zero-order valence-electron chi connectivity index (χ0n) is 8.86. The van der Waals surface area contributed by atoms with E-state index in [1.165, 1.54) is 0 Å². The topological polar surface area (TPSA) is 31.4 Å². The highest BCUT2D eigenvalue weighted by Crippen LogP contribution is 2.35. The second-order valence-electron chi connectivity index (χ2n) is 3.04. The van der Waals surface area contributed by atoms with Crippen LogP contribution < -0.4 is 9.47 Å². The molecule has 0 saturated heterocycles. The lowest BCUT2D eigenvalue weighted by molar-refractivity contribution is 0.355. The van der Waals surface area contributed by atoms with E-state index in [1.807, 2.05) is 18.2 Å². The molecule has 84 valence electrons. The van der Waals surface area contributed by atoms with E-state index in [1.54, 1.807) is 31.1 Å². The van der Waals surface area contributed by atoms with Gasteiger partial charge in [0.15, 0.2) is 11.5 Å². The quantitative estimate of drug-likeness (QED) is 0.868. The molecule has 0 radical (unpaired) electrons. The minimum Gasteiger partial charge on any atom is -0.493 e. The average Bonchev–Trinajstić information content (AvgIpc) is 2.74. The zero-order valence-corrected chi connectivity index (χ0v) is 11.3. The van der Waals surface area contributed by atoms with Crippen molar-refractivity contribution in [1.82, 2.24) is 4.98 Å². The molecule has 2 rings (SSSR count). The van der Waals surface area contributed by atoms with Crippen molar-refractivity contribution < 1.29 is 9.47 Å². The summed E-state index contributed by atoms with van der Waals surface area (Å²) in [5, 5.41) is 0. The molecular formula is C11H10BrNO2S. The van der Waals surface area contributed by atoms with Crippen molar-refractivity contribution in [3.63, 3.8) is 0 Å². The van der Waals surface area contributed by atoms with Crippen LogP contribution in [0.3, 0.4) is 0 Å². The highest BCUT2D eigenvalue weighted by Gasteiger charge is 2.10. The number of benzene rings is 1. The van der Waals surface area contributed by atoms with Crippen LogP contribution in [0.25, 0.3) is 11.3 Å². The summed E-state index contributed by atoms with van der Waals surface area (Å²) < 4.78 is 11.4. The summed E-state index contributed by atoms with van der Waals surface area (Å²) in [6.07, 6.45) is 0. The minimum atomic E-state index is 0.708. The van der Waals surface area contributed by atoms with E-state index in [9.17, 15) is 0 Å². The molecule has 0 aliphatic rings. The molecule has 3 nitrogen and oxygen atoms in total. The van der Waals surface area contributed by atoms with E-state index >= 15 is 0 Å². The molecule has 0 atom stereocenters. The normalized spacial score (nSPS) is 10.2. The van der Waals surface area contributed by atoms with E-state index < -0.39 is 0 Å². The first-order valence-electron chi connectivity index (χ1n) is 4.57. The third kappa shape index (κ3) is 2.05. The summed E-state index contributed by atoms with van der Waals surface area (Å²) in [5.74, 6) is 1.43. The first-order chi connectivity index (χ1) is 7.76. The van der Waals surface area contributed by atoms with Crippen molar-refractivity contribution in [3.05, 3.63) is 27.5 Å². The molecule has 0 unspecified atom stereocenters. The molecule has 0 aliphatic carbocycles. The number of aromatic nitrogens is 1. The summed E-state index contributed by atoms with van der Waals surface area (Å²) in [6.45, 7) is 0. The van der Waals surface area contributed by atoms with E-state index in [0.717, 1.165) is 20.8 Å². The second-order valence-corrected chi connectivity index (χ2v) is 5.22.